The summed E-state index contributed by atoms with van der Waals surface area (Å²) in [6, 6.07) is 16.5. The topological polar surface area (TPSA) is 60.9 Å². The van der Waals surface area contributed by atoms with Crippen molar-refractivity contribution >= 4 is 17.1 Å². The summed E-state index contributed by atoms with van der Waals surface area (Å²) in [6.45, 7) is 0. The summed E-state index contributed by atoms with van der Waals surface area (Å²) in [5, 5.41) is 11.5. The van der Waals surface area contributed by atoms with E-state index in [1.165, 1.54) is 0 Å². The van der Waals surface area contributed by atoms with Gasteiger partial charge in [-0.05, 0) is 36.4 Å². The van der Waals surface area contributed by atoms with Crippen LogP contribution in [0.1, 0.15) is 0 Å². The first-order valence-corrected chi connectivity index (χ1v) is 4.83. The molecule has 1 N–H and O–H groups in total. The zero-order valence-corrected chi connectivity index (χ0v) is 8.54. The molecular formula is C12H10N4. The van der Waals surface area contributed by atoms with Gasteiger partial charge in [0.15, 0.2) is 0 Å². The van der Waals surface area contributed by atoms with Crippen molar-refractivity contribution in [2.75, 3.05) is 0 Å². The Kier molecular flexibility index (Phi) is 3.13. The van der Waals surface area contributed by atoms with Crippen LogP contribution in [0.2, 0.25) is 0 Å². The van der Waals surface area contributed by atoms with Crippen LogP contribution in [-0.4, -0.2) is 0 Å². The maximum atomic E-state index is 6.82. The molecule has 0 aliphatic carbocycles. The van der Waals surface area contributed by atoms with Gasteiger partial charge in [-0.1, -0.05) is 18.2 Å². The Hall–Kier alpha value is -2.36. The average Bonchev–Trinajstić information content (AvgIpc) is 2.38. The molecule has 4 nitrogen and oxygen atoms in total. The van der Waals surface area contributed by atoms with Gasteiger partial charge >= 0.3 is 0 Å². The van der Waals surface area contributed by atoms with E-state index in [1.54, 1.807) is 24.3 Å². The van der Waals surface area contributed by atoms with Crippen LogP contribution >= 0.6 is 0 Å². The largest absolute Gasteiger partial charge is 0.204 e. The van der Waals surface area contributed by atoms with Crippen molar-refractivity contribution in [2.45, 2.75) is 0 Å². The van der Waals surface area contributed by atoms with Gasteiger partial charge in [-0.2, -0.15) is 15.3 Å². The van der Waals surface area contributed by atoms with Crippen LogP contribution in [0.3, 0.4) is 0 Å². The van der Waals surface area contributed by atoms with Crippen molar-refractivity contribution in [3.8, 4) is 0 Å². The van der Waals surface area contributed by atoms with Gasteiger partial charge in [-0.25, -0.2) is 5.53 Å². The van der Waals surface area contributed by atoms with E-state index >= 15 is 0 Å². The standard InChI is InChI=1S/C12H10N4/c13-14-10-6-8-12(9-7-10)16-15-11-4-2-1-3-5-11/h1-9,13H/b14-13?,16-15+. The number of benzene rings is 2. The second kappa shape index (κ2) is 4.93. The van der Waals surface area contributed by atoms with Gasteiger partial charge in [0.25, 0.3) is 0 Å². The van der Waals surface area contributed by atoms with Crippen LogP contribution < -0.4 is 0 Å². The number of rotatable bonds is 3. The molecule has 2 rings (SSSR count). The summed E-state index contributed by atoms with van der Waals surface area (Å²) in [4.78, 5) is 0. The fraction of sp³-hybridized carbons (Fsp3) is 0. The molecule has 16 heavy (non-hydrogen) atoms. The summed E-state index contributed by atoms with van der Waals surface area (Å²) < 4.78 is 0. The second-order valence-corrected chi connectivity index (χ2v) is 3.16. The Morgan fingerprint density at radius 3 is 1.69 bits per heavy atom. The van der Waals surface area contributed by atoms with Crippen molar-refractivity contribution in [3.63, 3.8) is 0 Å². The minimum absolute atomic E-state index is 0.610. The van der Waals surface area contributed by atoms with Crippen molar-refractivity contribution < 1.29 is 0 Å². The minimum Gasteiger partial charge on any atom is -0.204 e. The Morgan fingerprint density at radius 2 is 1.12 bits per heavy atom. The third kappa shape index (κ3) is 2.57. The van der Waals surface area contributed by atoms with E-state index in [0.717, 1.165) is 11.4 Å². The van der Waals surface area contributed by atoms with Crippen molar-refractivity contribution in [3.05, 3.63) is 54.6 Å². The first kappa shape index (κ1) is 10.2. The maximum absolute atomic E-state index is 6.82. The number of nitrogens with one attached hydrogen (secondary N) is 1. The average molecular weight is 210 g/mol. The van der Waals surface area contributed by atoms with Crippen molar-refractivity contribution in [2.24, 2.45) is 15.3 Å². The summed E-state index contributed by atoms with van der Waals surface area (Å²) >= 11 is 0. The molecule has 0 saturated carbocycles. The molecular weight excluding hydrogens is 200 g/mol. The lowest BCUT2D eigenvalue weighted by Gasteiger charge is -1.93. The minimum atomic E-state index is 0.610. The Labute approximate surface area is 93.2 Å². The number of hydrogen-bond acceptors (Lipinski definition) is 4. The molecule has 0 atom stereocenters. The highest BCUT2D eigenvalue weighted by molar-refractivity contribution is 5.47. The molecule has 2 aromatic rings. The molecule has 78 valence electrons. The zero-order valence-electron chi connectivity index (χ0n) is 8.54. The van der Waals surface area contributed by atoms with Gasteiger partial charge in [-0.15, -0.1) is 0 Å². The molecule has 0 aliphatic heterocycles. The summed E-state index contributed by atoms with van der Waals surface area (Å²) in [6.07, 6.45) is 0. The van der Waals surface area contributed by atoms with Gasteiger partial charge in [0.1, 0.15) is 0 Å². The van der Waals surface area contributed by atoms with E-state index in [-0.39, 0.29) is 0 Å². The zero-order chi connectivity index (χ0) is 11.2. The highest BCUT2D eigenvalue weighted by Crippen LogP contribution is 2.20. The lowest BCUT2D eigenvalue weighted by molar-refractivity contribution is 1.14. The molecule has 0 unspecified atom stereocenters. The van der Waals surface area contributed by atoms with E-state index in [2.05, 4.69) is 15.3 Å². The third-order valence-electron chi connectivity index (χ3n) is 2.02. The van der Waals surface area contributed by atoms with Crippen LogP contribution in [0.15, 0.2) is 69.9 Å². The second-order valence-electron chi connectivity index (χ2n) is 3.16. The monoisotopic (exact) mass is 210 g/mol. The van der Waals surface area contributed by atoms with Crippen LogP contribution in [0, 0.1) is 5.53 Å². The molecule has 0 bridgehead atoms. The van der Waals surface area contributed by atoms with Gasteiger partial charge in [0.2, 0.25) is 0 Å². The van der Waals surface area contributed by atoms with E-state index < -0.39 is 0 Å². The van der Waals surface area contributed by atoms with Gasteiger partial charge in [0, 0.05) is 0 Å². The lowest BCUT2D eigenvalue weighted by atomic mass is 10.3. The third-order valence-corrected chi connectivity index (χ3v) is 2.02. The lowest BCUT2D eigenvalue weighted by Crippen LogP contribution is -1.64. The molecule has 0 saturated heterocycles. The molecule has 2 aromatic carbocycles. The van der Waals surface area contributed by atoms with Crippen LogP contribution in [0.25, 0.3) is 0 Å². The smallest absolute Gasteiger partial charge is 0.0858 e. The SMILES string of the molecule is N=Nc1ccc(/N=N/c2ccccc2)cc1. The molecule has 0 aliphatic rings. The molecule has 0 fully saturated rings. The Bertz CT molecular complexity index is 488. The molecule has 0 radical (unpaired) electrons. The maximum Gasteiger partial charge on any atom is 0.0858 e. The molecule has 4 heteroatoms. The number of hydrogen-bond donors (Lipinski definition) is 1. The molecule has 0 spiro atoms. The van der Waals surface area contributed by atoms with E-state index in [1.807, 2.05) is 30.3 Å². The fourth-order valence-electron chi connectivity index (χ4n) is 1.20. The van der Waals surface area contributed by atoms with E-state index in [9.17, 15) is 0 Å². The summed E-state index contributed by atoms with van der Waals surface area (Å²) in [7, 11) is 0. The molecule has 0 heterocycles. The molecule has 0 aromatic heterocycles. The first-order chi connectivity index (χ1) is 7.88. The normalized spacial score (nSPS) is 10.5. The van der Waals surface area contributed by atoms with E-state index in [4.69, 9.17) is 5.53 Å². The van der Waals surface area contributed by atoms with Gasteiger partial charge < -0.3 is 0 Å². The summed E-state index contributed by atoms with van der Waals surface area (Å²) in [5.74, 6) is 0. The fourth-order valence-corrected chi connectivity index (χ4v) is 1.20. The quantitative estimate of drug-likeness (QED) is 0.709. The predicted molar refractivity (Wildman–Crippen MR) is 61.9 cm³/mol. The van der Waals surface area contributed by atoms with Crippen molar-refractivity contribution in [1.82, 2.24) is 0 Å². The van der Waals surface area contributed by atoms with Crippen LogP contribution in [0.4, 0.5) is 17.1 Å². The Balaban J connectivity index is 2.14. The summed E-state index contributed by atoms with van der Waals surface area (Å²) in [5.41, 5.74) is 8.99. The first-order valence-electron chi connectivity index (χ1n) is 4.83. The van der Waals surface area contributed by atoms with Gasteiger partial charge in [-0.3, -0.25) is 0 Å². The van der Waals surface area contributed by atoms with Crippen molar-refractivity contribution in [1.29, 1.82) is 5.53 Å². The van der Waals surface area contributed by atoms with E-state index in [0.29, 0.717) is 5.69 Å². The molecule has 0 amide bonds. The van der Waals surface area contributed by atoms with Gasteiger partial charge in [0.05, 0.1) is 17.1 Å². The predicted octanol–water partition coefficient (Wildman–Crippen LogP) is 4.76. The number of azo groups is 1. The number of nitrogens with zero attached hydrogens (tertiary/aromatic N) is 3. The van der Waals surface area contributed by atoms with Crippen LogP contribution in [-0.2, 0) is 0 Å². The van der Waals surface area contributed by atoms with Crippen LogP contribution in [0.5, 0.6) is 0 Å². The Morgan fingerprint density at radius 1 is 0.625 bits per heavy atom. The highest BCUT2D eigenvalue weighted by atomic mass is 15.1. The highest BCUT2D eigenvalue weighted by Gasteiger charge is 1.91.